The molecule has 0 unspecified atom stereocenters. The maximum Gasteiger partial charge on any atom is 0.412 e. The van der Waals surface area contributed by atoms with E-state index in [1.54, 1.807) is 62.6 Å². The molecule has 2 aromatic rings. The van der Waals surface area contributed by atoms with Crippen molar-refractivity contribution in [2.75, 3.05) is 25.6 Å². The van der Waals surface area contributed by atoms with Gasteiger partial charge in [-0.15, -0.1) is 0 Å². The molecule has 0 fully saturated rings. The van der Waals surface area contributed by atoms with Crippen LogP contribution in [0.5, 0.6) is 11.5 Å². The lowest BCUT2D eigenvalue weighted by atomic mass is 9.96. The highest BCUT2D eigenvalue weighted by Gasteiger charge is 2.22. The number of rotatable bonds is 10. The van der Waals surface area contributed by atoms with Gasteiger partial charge in [0.25, 0.3) is 5.91 Å². The maximum atomic E-state index is 12.5. The van der Waals surface area contributed by atoms with Crippen LogP contribution in [0, 0.1) is 5.92 Å². The molecule has 0 spiro atoms. The fourth-order valence-electron chi connectivity index (χ4n) is 2.71. The Kier molecular flexibility index (Phi) is 9.34. The molecular weight excluding hydrogens is 404 g/mol. The summed E-state index contributed by atoms with van der Waals surface area (Å²) in [4.78, 5) is 23.8. The minimum atomic E-state index is -0.729. The summed E-state index contributed by atoms with van der Waals surface area (Å²) in [5, 5.41) is 20.2. The Hall–Kier alpha value is -3.56. The molecule has 2 amide bonds. The molecule has 0 aliphatic carbocycles. The Morgan fingerprint density at radius 2 is 1.71 bits per heavy atom. The van der Waals surface area contributed by atoms with Crippen LogP contribution >= 0.6 is 0 Å². The predicted molar refractivity (Wildman–Crippen MR) is 113 cm³/mol. The van der Waals surface area contributed by atoms with Crippen molar-refractivity contribution >= 4 is 17.7 Å². The van der Waals surface area contributed by atoms with Crippen LogP contribution in [0.25, 0.3) is 0 Å². The quantitative estimate of drug-likeness (QED) is 0.259. The topological polar surface area (TPSA) is 126 Å². The number of hydrogen-bond acceptors (Lipinski definition) is 7. The fraction of sp³-hybridized carbons (Fsp3) is 0.273. The van der Waals surface area contributed by atoms with Gasteiger partial charge in [0.2, 0.25) is 0 Å². The van der Waals surface area contributed by atoms with E-state index in [-0.39, 0.29) is 13.2 Å². The normalized spacial score (nSPS) is 12.6. The SMILES string of the molecule is COc1ccc(NC(=O)O[C@@H](c2ccc(OCCO)cc2)[C@H](C)/C=C/C(=O)NO)cc1. The first kappa shape index (κ1) is 23.7. The zero-order valence-electron chi connectivity index (χ0n) is 17.3. The summed E-state index contributed by atoms with van der Waals surface area (Å²) in [6, 6.07) is 13.6. The molecule has 0 aliphatic heterocycles. The van der Waals surface area contributed by atoms with E-state index < -0.39 is 24.0 Å². The smallest absolute Gasteiger partial charge is 0.412 e. The summed E-state index contributed by atoms with van der Waals surface area (Å²) in [7, 11) is 1.55. The van der Waals surface area contributed by atoms with Crippen molar-refractivity contribution in [1.82, 2.24) is 5.48 Å². The van der Waals surface area contributed by atoms with Crippen molar-refractivity contribution < 1.29 is 34.1 Å². The van der Waals surface area contributed by atoms with Gasteiger partial charge in [-0.25, -0.2) is 10.3 Å². The van der Waals surface area contributed by atoms with Gasteiger partial charge < -0.3 is 19.3 Å². The number of benzene rings is 2. The van der Waals surface area contributed by atoms with Crippen LogP contribution in [-0.2, 0) is 9.53 Å². The molecule has 0 aromatic heterocycles. The van der Waals surface area contributed by atoms with Gasteiger partial charge in [0.05, 0.1) is 13.7 Å². The third-order valence-corrected chi connectivity index (χ3v) is 4.28. The first-order valence-electron chi connectivity index (χ1n) is 9.54. The Labute approximate surface area is 180 Å². The molecule has 31 heavy (non-hydrogen) atoms. The van der Waals surface area contributed by atoms with Gasteiger partial charge in [0.15, 0.2) is 0 Å². The van der Waals surface area contributed by atoms with Crippen molar-refractivity contribution in [2.24, 2.45) is 5.92 Å². The number of carbonyl (C=O) groups excluding carboxylic acids is 2. The third kappa shape index (κ3) is 7.65. The Balaban J connectivity index is 2.16. The van der Waals surface area contributed by atoms with Crippen LogP contribution in [-0.4, -0.2) is 42.6 Å². The van der Waals surface area contributed by atoms with Crippen molar-refractivity contribution in [2.45, 2.75) is 13.0 Å². The van der Waals surface area contributed by atoms with Gasteiger partial charge in [-0.1, -0.05) is 25.1 Å². The van der Waals surface area contributed by atoms with E-state index >= 15 is 0 Å². The minimum Gasteiger partial charge on any atom is -0.497 e. The van der Waals surface area contributed by atoms with Gasteiger partial charge in [-0.05, 0) is 42.0 Å². The highest BCUT2D eigenvalue weighted by Crippen LogP contribution is 2.29. The molecule has 4 N–H and O–H groups in total. The standard InChI is InChI=1S/C22H26N2O7/c1-15(3-12-20(26)24-28)21(16-4-8-19(9-5-16)30-14-13-25)31-22(27)23-17-6-10-18(29-2)11-7-17/h3-12,15,21,25,28H,13-14H2,1-2H3,(H,23,27)(H,24,26)/b12-3+/t15-,21-/m1/s1. The first-order valence-corrected chi connectivity index (χ1v) is 9.54. The zero-order chi connectivity index (χ0) is 22.6. The van der Waals surface area contributed by atoms with E-state index in [0.29, 0.717) is 22.7 Å². The number of methoxy groups -OCH3 is 1. The summed E-state index contributed by atoms with van der Waals surface area (Å²) in [6.07, 6.45) is 1.27. The van der Waals surface area contributed by atoms with Gasteiger partial charge in [-0.3, -0.25) is 15.3 Å². The lowest BCUT2D eigenvalue weighted by Crippen LogP contribution is -2.22. The zero-order valence-corrected chi connectivity index (χ0v) is 17.3. The molecule has 0 saturated carbocycles. The lowest BCUT2D eigenvalue weighted by molar-refractivity contribution is -0.124. The lowest BCUT2D eigenvalue weighted by Gasteiger charge is -2.23. The average molecular weight is 430 g/mol. The van der Waals surface area contributed by atoms with E-state index in [0.717, 1.165) is 6.08 Å². The maximum absolute atomic E-state index is 12.5. The van der Waals surface area contributed by atoms with E-state index in [2.05, 4.69) is 5.32 Å². The number of anilines is 1. The molecule has 2 atom stereocenters. The van der Waals surface area contributed by atoms with Crippen LogP contribution in [0.3, 0.4) is 0 Å². The van der Waals surface area contributed by atoms with Crippen LogP contribution in [0.2, 0.25) is 0 Å². The number of ether oxygens (including phenoxy) is 3. The summed E-state index contributed by atoms with van der Waals surface area (Å²) in [5.41, 5.74) is 2.71. The monoisotopic (exact) mass is 430 g/mol. The molecule has 0 heterocycles. The molecule has 9 heteroatoms. The average Bonchev–Trinajstić information content (AvgIpc) is 2.80. The molecule has 0 bridgehead atoms. The summed E-state index contributed by atoms with van der Waals surface area (Å²) >= 11 is 0. The number of aliphatic hydroxyl groups excluding tert-OH is 1. The Bertz CT molecular complexity index is 866. The van der Waals surface area contributed by atoms with Gasteiger partial charge in [0.1, 0.15) is 24.2 Å². The second kappa shape index (κ2) is 12.2. The highest BCUT2D eigenvalue weighted by molar-refractivity contribution is 5.86. The molecule has 0 radical (unpaired) electrons. The van der Waals surface area contributed by atoms with E-state index in [4.69, 9.17) is 24.5 Å². The number of aliphatic hydroxyl groups is 1. The van der Waals surface area contributed by atoms with Gasteiger partial charge in [-0.2, -0.15) is 0 Å². The molecule has 2 aromatic carbocycles. The fourth-order valence-corrected chi connectivity index (χ4v) is 2.71. The molecule has 0 aliphatic rings. The summed E-state index contributed by atoms with van der Waals surface area (Å²) in [5.74, 6) is 0.118. The third-order valence-electron chi connectivity index (χ3n) is 4.28. The van der Waals surface area contributed by atoms with Crippen LogP contribution in [0.1, 0.15) is 18.6 Å². The molecule has 166 valence electrons. The number of amides is 2. The largest absolute Gasteiger partial charge is 0.497 e. The summed E-state index contributed by atoms with van der Waals surface area (Å²) < 4.78 is 16.1. The predicted octanol–water partition coefficient (Wildman–Crippen LogP) is 3.05. The number of nitrogens with one attached hydrogen (secondary N) is 2. The molecule has 2 rings (SSSR count). The minimum absolute atomic E-state index is 0.103. The van der Waals surface area contributed by atoms with E-state index in [1.807, 2.05) is 0 Å². The number of hydroxylamine groups is 1. The van der Waals surface area contributed by atoms with Crippen LogP contribution < -0.4 is 20.3 Å². The van der Waals surface area contributed by atoms with E-state index in [9.17, 15) is 9.59 Å². The van der Waals surface area contributed by atoms with Crippen LogP contribution in [0.4, 0.5) is 10.5 Å². The first-order chi connectivity index (χ1) is 15.0. The van der Waals surface area contributed by atoms with Gasteiger partial charge in [0, 0.05) is 17.7 Å². The van der Waals surface area contributed by atoms with Crippen LogP contribution in [0.15, 0.2) is 60.7 Å². The van der Waals surface area contributed by atoms with Crippen molar-refractivity contribution in [1.29, 1.82) is 0 Å². The van der Waals surface area contributed by atoms with Gasteiger partial charge >= 0.3 is 6.09 Å². The van der Waals surface area contributed by atoms with Crippen molar-refractivity contribution in [3.63, 3.8) is 0 Å². The number of hydrogen-bond donors (Lipinski definition) is 4. The number of carbonyl (C=O) groups is 2. The Morgan fingerprint density at radius 1 is 1.06 bits per heavy atom. The highest BCUT2D eigenvalue weighted by atomic mass is 16.6. The molecular formula is C22H26N2O7. The second-order valence-electron chi connectivity index (χ2n) is 6.51. The van der Waals surface area contributed by atoms with E-state index in [1.165, 1.54) is 11.6 Å². The second-order valence-corrected chi connectivity index (χ2v) is 6.51. The van der Waals surface area contributed by atoms with Crippen molar-refractivity contribution in [3.05, 3.63) is 66.2 Å². The summed E-state index contributed by atoms with van der Waals surface area (Å²) in [6.45, 7) is 1.83. The molecule has 0 saturated heterocycles. The Morgan fingerprint density at radius 3 is 2.29 bits per heavy atom. The van der Waals surface area contributed by atoms with Crippen molar-refractivity contribution in [3.8, 4) is 11.5 Å². The molecule has 9 nitrogen and oxygen atoms in total.